The van der Waals surface area contributed by atoms with Gasteiger partial charge in [-0.25, -0.2) is 0 Å². The monoisotopic (exact) mass is 607 g/mol. The Balaban J connectivity index is 0.00000240. The lowest BCUT2D eigenvalue weighted by Gasteiger charge is -2.20. The number of ether oxygens (including phenoxy) is 4. The van der Waals surface area contributed by atoms with Gasteiger partial charge in [0.1, 0.15) is 0 Å². The zero-order valence-electron chi connectivity index (χ0n) is 19.9. The van der Waals surface area contributed by atoms with Crippen LogP contribution in [0.15, 0.2) is 59.2 Å². The molecule has 0 radical (unpaired) electrons. The number of pyridine rings is 1. The number of aryl methyl sites for hydroxylation is 2. The van der Waals surface area contributed by atoms with E-state index in [0.717, 1.165) is 57.6 Å². The molecule has 0 saturated carbocycles. The molecule has 2 aliphatic heterocycles. The van der Waals surface area contributed by atoms with Crippen molar-refractivity contribution in [3.05, 3.63) is 75.9 Å². The molecule has 0 aliphatic carbocycles. The SMILES string of the molecule is COc1ccc2c(c[n+]3c4c2cc(Cc2ccc(Br)cc2)c2c5c(cc(c24)CC3)OCO5)c1OC.[Br-]. The number of benzene rings is 4. The van der Waals surface area contributed by atoms with Gasteiger partial charge >= 0.3 is 0 Å². The summed E-state index contributed by atoms with van der Waals surface area (Å²) < 4.78 is 26.8. The fourth-order valence-corrected chi connectivity index (χ4v) is 6.00. The number of nitrogens with zero attached hydrogens (tertiary/aromatic N) is 1. The molecular weight excluding hydrogens is 586 g/mol. The number of rotatable bonds is 4. The highest BCUT2D eigenvalue weighted by Crippen LogP contribution is 2.48. The van der Waals surface area contributed by atoms with Crippen LogP contribution < -0.4 is 40.5 Å². The van der Waals surface area contributed by atoms with Gasteiger partial charge in [0.25, 0.3) is 0 Å². The van der Waals surface area contributed by atoms with Crippen molar-refractivity contribution in [3.8, 4) is 23.0 Å². The van der Waals surface area contributed by atoms with Crippen molar-refractivity contribution in [2.45, 2.75) is 19.4 Å². The van der Waals surface area contributed by atoms with Crippen LogP contribution in [0.4, 0.5) is 0 Å². The van der Waals surface area contributed by atoms with E-state index in [9.17, 15) is 0 Å². The third-order valence-electron chi connectivity index (χ3n) is 7.25. The lowest BCUT2D eigenvalue weighted by Crippen LogP contribution is -3.00. The summed E-state index contributed by atoms with van der Waals surface area (Å²) in [5.41, 5.74) is 5.02. The Kier molecular flexibility index (Phi) is 5.73. The first-order valence-electron chi connectivity index (χ1n) is 11.7. The van der Waals surface area contributed by atoms with Crippen LogP contribution in [-0.2, 0) is 19.4 Å². The average molecular weight is 609 g/mol. The van der Waals surface area contributed by atoms with Gasteiger partial charge in [0.05, 0.1) is 30.4 Å². The van der Waals surface area contributed by atoms with Gasteiger partial charge in [0, 0.05) is 21.7 Å². The van der Waals surface area contributed by atoms with Crippen LogP contribution in [0.3, 0.4) is 0 Å². The summed E-state index contributed by atoms with van der Waals surface area (Å²) in [6.45, 7) is 1.15. The summed E-state index contributed by atoms with van der Waals surface area (Å²) in [5.74, 6) is 3.22. The average Bonchev–Trinajstić information content (AvgIpc) is 3.35. The fourth-order valence-electron chi connectivity index (χ4n) is 5.74. The molecule has 5 nitrogen and oxygen atoms in total. The number of fused-ring (bicyclic) bond motifs is 4. The summed E-state index contributed by atoms with van der Waals surface area (Å²) in [6.07, 6.45) is 3.93. The molecule has 2 aliphatic rings. The van der Waals surface area contributed by atoms with Crippen molar-refractivity contribution in [2.75, 3.05) is 21.0 Å². The lowest BCUT2D eigenvalue weighted by atomic mass is 9.88. The maximum atomic E-state index is 6.06. The molecule has 0 amide bonds. The first kappa shape index (κ1) is 23.4. The molecule has 7 rings (SSSR count). The van der Waals surface area contributed by atoms with Crippen molar-refractivity contribution >= 4 is 48.4 Å². The third-order valence-corrected chi connectivity index (χ3v) is 7.78. The van der Waals surface area contributed by atoms with Gasteiger partial charge in [-0.3, -0.25) is 0 Å². The minimum atomic E-state index is 0. The molecule has 3 heterocycles. The maximum absolute atomic E-state index is 6.06. The van der Waals surface area contributed by atoms with E-state index in [1.165, 1.54) is 38.4 Å². The first-order chi connectivity index (χ1) is 17.2. The fraction of sp³-hybridized carbons (Fsp3) is 0.207. The maximum Gasteiger partial charge on any atom is 0.231 e. The Bertz CT molecular complexity index is 1680. The highest BCUT2D eigenvalue weighted by atomic mass is 79.9. The number of methoxy groups -OCH3 is 2. The predicted molar refractivity (Wildman–Crippen MR) is 139 cm³/mol. The quantitative estimate of drug-likeness (QED) is 0.232. The van der Waals surface area contributed by atoms with Gasteiger partial charge in [-0.1, -0.05) is 28.1 Å². The van der Waals surface area contributed by atoms with Crippen molar-refractivity contribution in [2.24, 2.45) is 0 Å². The molecule has 0 saturated heterocycles. The van der Waals surface area contributed by atoms with Crippen LogP contribution in [0.25, 0.3) is 32.4 Å². The molecule has 0 bridgehead atoms. The van der Waals surface area contributed by atoms with E-state index in [-0.39, 0.29) is 23.8 Å². The Morgan fingerprint density at radius 2 is 1.75 bits per heavy atom. The van der Waals surface area contributed by atoms with Crippen LogP contribution in [0.2, 0.25) is 0 Å². The number of hydrogen-bond donors (Lipinski definition) is 0. The Morgan fingerprint density at radius 3 is 2.53 bits per heavy atom. The molecule has 0 unspecified atom stereocenters. The molecule has 7 heteroatoms. The van der Waals surface area contributed by atoms with E-state index in [2.05, 4.69) is 69.2 Å². The van der Waals surface area contributed by atoms with Crippen molar-refractivity contribution in [3.63, 3.8) is 0 Å². The van der Waals surface area contributed by atoms with Crippen molar-refractivity contribution < 1.29 is 40.5 Å². The normalized spacial score (nSPS) is 13.4. The zero-order valence-corrected chi connectivity index (χ0v) is 23.0. The van der Waals surface area contributed by atoms with Gasteiger partial charge in [0.15, 0.2) is 35.7 Å². The van der Waals surface area contributed by atoms with E-state index in [1.807, 2.05) is 6.07 Å². The van der Waals surface area contributed by atoms with Gasteiger partial charge in [-0.15, -0.1) is 0 Å². The molecule has 0 atom stereocenters. The Hall–Kier alpha value is -3.03. The van der Waals surface area contributed by atoms with Crippen LogP contribution >= 0.6 is 15.9 Å². The summed E-state index contributed by atoms with van der Waals surface area (Å²) in [5, 5.41) is 5.85. The molecule has 0 N–H and O–H groups in total. The van der Waals surface area contributed by atoms with E-state index in [4.69, 9.17) is 18.9 Å². The lowest BCUT2D eigenvalue weighted by molar-refractivity contribution is -0.670. The molecular formula is C29H23Br2NO4. The van der Waals surface area contributed by atoms with Gasteiger partial charge in [-0.05, 0) is 59.5 Å². The van der Waals surface area contributed by atoms with Gasteiger partial charge in [0.2, 0.25) is 12.3 Å². The predicted octanol–water partition coefficient (Wildman–Crippen LogP) is 3.09. The minimum Gasteiger partial charge on any atom is -1.00 e. The van der Waals surface area contributed by atoms with Gasteiger partial charge < -0.3 is 35.9 Å². The van der Waals surface area contributed by atoms with Crippen LogP contribution in [0.5, 0.6) is 23.0 Å². The molecule has 36 heavy (non-hydrogen) atoms. The molecule has 1 aromatic heterocycles. The zero-order chi connectivity index (χ0) is 23.7. The third kappa shape index (κ3) is 3.36. The Morgan fingerprint density at radius 1 is 0.917 bits per heavy atom. The Labute approximate surface area is 227 Å². The highest BCUT2D eigenvalue weighted by Gasteiger charge is 2.31. The molecule has 0 spiro atoms. The van der Waals surface area contributed by atoms with Gasteiger partial charge in [-0.2, -0.15) is 4.57 Å². The van der Waals surface area contributed by atoms with Crippen LogP contribution in [-0.4, -0.2) is 21.0 Å². The van der Waals surface area contributed by atoms with E-state index in [1.54, 1.807) is 14.2 Å². The molecule has 5 aromatic rings. The number of aromatic nitrogens is 1. The minimum absolute atomic E-state index is 0. The summed E-state index contributed by atoms with van der Waals surface area (Å²) in [6, 6.07) is 17.2. The topological polar surface area (TPSA) is 40.8 Å². The summed E-state index contributed by atoms with van der Waals surface area (Å²) in [4.78, 5) is 0. The van der Waals surface area contributed by atoms with Crippen molar-refractivity contribution in [1.29, 1.82) is 0 Å². The smallest absolute Gasteiger partial charge is 0.231 e. The number of halogens is 2. The van der Waals surface area contributed by atoms with Crippen molar-refractivity contribution in [1.82, 2.24) is 0 Å². The van der Waals surface area contributed by atoms with E-state index in [0.29, 0.717) is 0 Å². The van der Waals surface area contributed by atoms with Crippen LogP contribution in [0.1, 0.15) is 16.7 Å². The second-order valence-electron chi connectivity index (χ2n) is 9.09. The van der Waals surface area contributed by atoms with E-state index < -0.39 is 0 Å². The second kappa shape index (κ2) is 8.82. The number of hydrogen-bond acceptors (Lipinski definition) is 4. The summed E-state index contributed by atoms with van der Waals surface area (Å²) >= 11 is 3.56. The molecule has 4 aromatic carbocycles. The van der Waals surface area contributed by atoms with Crippen LogP contribution in [0, 0.1) is 0 Å². The standard InChI is InChI=1S/C29H23BrNO4.BrH/c1-32-23-8-7-20-21-12-18(11-16-3-5-19(30)6-4-16)26-25-17(13-24-29(26)35-15-34-24)9-10-31(27(21)25)14-22(20)28(23)33-2;/h3-8,12-14H,9-11,15H2,1-2H3;1H/q+1;/p-1. The molecule has 0 fully saturated rings. The molecule has 182 valence electrons. The van der Waals surface area contributed by atoms with E-state index >= 15 is 0 Å². The highest BCUT2D eigenvalue weighted by molar-refractivity contribution is 9.10. The largest absolute Gasteiger partial charge is 1.00 e. The second-order valence-corrected chi connectivity index (χ2v) is 10.0. The summed E-state index contributed by atoms with van der Waals surface area (Å²) in [7, 11) is 3.39. The first-order valence-corrected chi connectivity index (χ1v) is 12.5.